The summed E-state index contributed by atoms with van der Waals surface area (Å²) in [5, 5.41) is 4.86. The zero-order valence-electron chi connectivity index (χ0n) is 6.48. The summed E-state index contributed by atoms with van der Waals surface area (Å²) in [6.07, 6.45) is 0. The van der Waals surface area contributed by atoms with Crippen LogP contribution in [0, 0.1) is 6.92 Å². The van der Waals surface area contributed by atoms with E-state index in [1.54, 1.807) is 6.92 Å². The molecular formula is C6H9N3O2S. The second-order valence-electron chi connectivity index (χ2n) is 2.38. The molecule has 4 N–H and O–H groups in total. The molecule has 0 aliphatic heterocycles. The Morgan fingerprint density at radius 1 is 1.42 bits per heavy atom. The maximum absolute atomic E-state index is 10.8. The van der Waals surface area contributed by atoms with E-state index in [2.05, 4.69) is 4.98 Å². The average Bonchev–Trinajstić information content (AvgIpc) is 1.83. The van der Waals surface area contributed by atoms with Gasteiger partial charge in [0.05, 0.1) is 0 Å². The van der Waals surface area contributed by atoms with Crippen LogP contribution in [-0.4, -0.2) is 13.4 Å². The van der Waals surface area contributed by atoms with Crippen LogP contribution in [0.3, 0.4) is 0 Å². The molecule has 0 aliphatic rings. The minimum absolute atomic E-state index is 0.0579. The predicted octanol–water partition coefficient (Wildman–Crippen LogP) is -0.380. The van der Waals surface area contributed by atoms with Crippen molar-refractivity contribution in [3.8, 4) is 0 Å². The van der Waals surface area contributed by atoms with Crippen molar-refractivity contribution in [3.05, 3.63) is 17.8 Å². The highest BCUT2D eigenvalue weighted by Gasteiger charge is 2.12. The van der Waals surface area contributed by atoms with Gasteiger partial charge in [-0.25, -0.2) is 18.5 Å². The summed E-state index contributed by atoms with van der Waals surface area (Å²) in [6.45, 7) is 1.71. The summed E-state index contributed by atoms with van der Waals surface area (Å²) in [7, 11) is -3.74. The van der Waals surface area contributed by atoms with Crippen molar-refractivity contribution in [2.75, 3.05) is 5.73 Å². The molecule has 1 rings (SSSR count). The minimum Gasteiger partial charge on any atom is -0.383 e. The van der Waals surface area contributed by atoms with Crippen LogP contribution in [0.1, 0.15) is 5.69 Å². The normalized spacial score (nSPS) is 11.5. The molecule has 0 atom stereocenters. The summed E-state index contributed by atoms with van der Waals surface area (Å²) >= 11 is 0. The first-order valence-corrected chi connectivity index (χ1v) is 4.72. The Hall–Kier alpha value is -1.14. The number of rotatable bonds is 1. The molecule has 66 valence electrons. The number of hydrogen-bond donors (Lipinski definition) is 2. The number of sulfonamides is 1. The first-order valence-electron chi connectivity index (χ1n) is 3.17. The molecule has 1 heterocycles. The Labute approximate surface area is 70.5 Å². The molecule has 0 unspecified atom stereocenters. The van der Waals surface area contributed by atoms with Crippen LogP contribution < -0.4 is 10.9 Å². The SMILES string of the molecule is Cc1ccc(S(N)(=O)=O)c(N)n1. The van der Waals surface area contributed by atoms with Crippen molar-refractivity contribution in [2.24, 2.45) is 5.14 Å². The van der Waals surface area contributed by atoms with Gasteiger partial charge in [0.1, 0.15) is 10.7 Å². The van der Waals surface area contributed by atoms with Crippen LogP contribution in [0.4, 0.5) is 5.82 Å². The summed E-state index contributed by atoms with van der Waals surface area (Å²) in [6, 6.07) is 2.88. The molecule has 0 saturated carbocycles. The zero-order valence-corrected chi connectivity index (χ0v) is 7.30. The van der Waals surface area contributed by atoms with Gasteiger partial charge in [-0.15, -0.1) is 0 Å². The van der Waals surface area contributed by atoms with Crippen LogP contribution in [0.15, 0.2) is 17.0 Å². The number of anilines is 1. The third-order valence-corrected chi connectivity index (χ3v) is 2.29. The Bertz CT molecular complexity index is 399. The lowest BCUT2D eigenvalue weighted by molar-refractivity contribution is 0.598. The van der Waals surface area contributed by atoms with Crippen LogP contribution >= 0.6 is 0 Å². The minimum atomic E-state index is -3.74. The fourth-order valence-electron chi connectivity index (χ4n) is 0.805. The van der Waals surface area contributed by atoms with E-state index in [0.29, 0.717) is 5.69 Å². The van der Waals surface area contributed by atoms with Crippen molar-refractivity contribution < 1.29 is 8.42 Å². The van der Waals surface area contributed by atoms with Gasteiger partial charge < -0.3 is 5.73 Å². The van der Waals surface area contributed by atoms with Crippen molar-refractivity contribution in [3.63, 3.8) is 0 Å². The number of nitrogens with two attached hydrogens (primary N) is 2. The molecule has 0 bridgehead atoms. The number of hydrogen-bond acceptors (Lipinski definition) is 4. The fourth-order valence-corrected chi connectivity index (χ4v) is 1.40. The molecular weight excluding hydrogens is 178 g/mol. The molecule has 0 radical (unpaired) electrons. The van der Waals surface area contributed by atoms with E-state index in [4.69, 9.17) is 10.9 Å². The largest absolute Gasteiger partial charge is 0.383 e. The van der Waals surface area contributed by atoms with E-state index in [1.165, 1.54) is 12.1 Å². The number of aromatic nitrogens is 1. The summed E-state index contributed by atoms with van der Waals surface area (Å²) in [5.41, 5.74) is 5.99. The molecule has 0 fully saturated rings. The van der Waals surface area contributed by atoms with Crippen molar-refractivity contribution >= 4 is 15.8 Å². The second-order valence-corrected chi connectivity index (χ2v) is 3.91. The van der Waals surface area contributed by atoms with Gasteiger partial charge in [0.15, 0.2) is 0 Å². The number of pyridine rings is 1. The average molecular weight is 187 g/mol. The van der Waals surface area contributed by atoms with E-state index in [9.17, 15) is 8.42 Å². The molecule has 5 nitrogen and oxygen atoms in total. The highest BCUT2D eigenvalue weighted by Crippen LogP contribution is 2.13. The Balaban J connectivity index is 3.39. The lowest BCUT2D eigenvalue weighted by atomic mass is 10.4. The van der Waals surface area contributed by atoms with Gasteiger partial charge in [-0.2, -0.15) is 0 Å². The molecule has 6 heteroatoms. The first kappa shape index (κ1) is 8.95. The third kappa shape index (κ3) is 1.72. The fraction of sp³-hybridized carbons (Fsp3) is 0.167. The van der Waals surface area contributed by atoms with E-state index in [1.807, 2.05) is 0 Å². The number of nitrogens with zero attached hydrogens (tertiary/aromatic N) is 1. The second kappa shape index (κ2) is 2.72. The van der Waals surface area contributed by atoms with Gasteiger partial charge in [0.25, 0.3) is 0 Å². The molecule has 12 heavy (non-hydrogen) atoms. The van der Waals surface area contributed by atoms with Crippen LogP contribution in [-0.2, 0) is 10.0 Å². The standard InChI is InChI=1S/C6H9N3O2S/c1-4-2-3-5(6(7)9-4)12(8,10)11/h2-3H,1H3,(H2,7,9)(H2,8,10,11). The van der Waals surface area contributed by atoms with Gasteiger partial charge in [0.2, 0.25) is 10.0 Å². The topological polar surface area (TPSA) is 99.1 Å². The lowest BCUT2D eigenvalue weighted by Gasteiger charge is -2.01. The van der Waals surface area contributed by atoms with Crippen molar-refractivity contribution in [1.29, 1.82) is 0 Å². The molecule has 0 aliphatic carbocycles. The summed E-state index contributed by atoms with van der Waals surface area (Å²) < 4.78 is 21.6. The number of nitrogen functional groups attached to an aromatic ring is 1. The quantitative estimate of drug-likeness (QED) is 0.626. The molecule has 1 aromatic heterocycles. The zero-order chi connectivity index (χ0) is 9.35. The van der Waals surface area contributed by atoms with Gasteiger partial charge >= 0.3 is 0 Å². The Morgan fingerprint density at radius 3 is 2.42 bits per heavy atom. The monoisotopic (exact) mass is 187 g/mol. The van der Waals surface area contributed by atoms with Gasteiger partial charge in [-0.3, -0.25) is 0 Å². The van der Waals surface area contributed by atoms with Crippen molar-refractivity contribution in [1.82, 2.24) is 4.98 Å². The predicted molar refractivity (Wildman–Crippen MR) is 44.8 cm³/mol. The molecule has 0 amide bonds. The maximum Gasteiger partial charge on any atom is 0.241 e. The Morgan fingerprint density at radius 2 is 2.00 bits per heavy atom. The van der Waals surface area contributed by atoms with Gasteiger partial charge in [-0.1, -0.05) is 0 Å². The van der Waals surface area contributed by atoms with E-state index >= 15 is 0 Å². The lowest BCUT2D eigenvalue weighted by Crippen LogP contribution is -2.15. The molecule has 0 spiro atoms. The highest BCUT2D eigenvalue weighted by molar-refractivity contribution is 7.89. The smallest absolute Gasteiger partial charge is 0.241 e. The first-order chi connectivity index (χ1) is 5.41. The summed E-state index contributed by atoms with van der Waals surface area (Å²) in [5.74, 6) is -0.0579. The molecule has 1 aromatic rings. The third-order valence-electron chi connectivity index (χ3n) is 1.33. The number of primary sulfonamides is 1. The van der Waals surface area contributed by atoms with Gasteiger partial charge in [-0.05, 0) is 19.1 Å². The van der Waals surface area contributed by atoms with Crippen LogP contribution in [0.25, 0.3) is 0 Å². The molecule has 0 aromatic carbocycles. The highest BCUT2D eigenvalue weighted by atomic mass is 32.2. The summed E-state index contributed by atoms with van der Waals surface area (Å²) in [4.78, 5) is 3.63. The molecule has 0 saturated heterocycles. The van der Waals surface area contributed by atoms with E-state index < -0.39 is 10.0 Å². The van der Waals surface area contributed by atoms with E-state index in [-0.39, 0.29) is 10.7 Å². The maximum atomic E-state index is 10.8. The Kier molecular flexibility index (Phi) is 2.03. The van der Waals surface area contributed by atoms with Gasteiger partial charge in [0, 0.05) is 5.69 Å². The van der Waals surface area contributed by atoms with Crippen LogP contribution in [0.2, 0.25) is 0 Å². The van der Waals surface area contributed by atoms with Crippen molar-refractivity contribution in [2.45, 2.75) is 11.8 Å². The van der Waals surface area contributed by atoms with E-state index in [0.717, 1.165) is 0 Å². The number of aryl methyl sites for hydroxylation is 1. The van der Waals surface area contributed by atoms with Crippen LogP contribution in [0.5, 0.6) is 0 Å².